The molecule has 0 bridgehead atoms. The molecule has 96 valence electrons. The molecule has 0 aliphatic rings. The third-order valence-electron chi connectivity index (χ3n) is 2.42. The fraction of sp³-hybridized carbons (Fsp3) is 0.818. The monoisotopic (exact) mass is 238 g/mol. The summed E-state index contributed by atoms with van der Waals surface area (Å²) in [4.78, 5) is 0. The van der Waals surface area contributed by atoms with Gasteiger partial charge in [0.1, 0.15) is 6.04 Å². The normalized spacial score (nSPS) is 15.4. The highest BCUT2D eigenvalue weighted by atomic mass is 19.4. The molecule has 0 spiro atoms. The van der Waals surface area contributed by atoms with Crippen LogP contribution in [-0.2, 0) is 0 Å². The number of hydrogen-bond donors (Lipinski definition) is 1. The first-order valence-electron chi connectivity index (χ1n) is 5.52. The average Bonchev–Trinajstić information content (AvgIpc) is 2.15. The first-order chi connectivity index (χ1) is 7.21. The first kappa shape index (κ1) is 15.3. The largest absolute Gasteiger partial charge is 0.409 e. The van der Waals surface area contributed by atoms with E-state index >= 15 is 0 Å². The van der Waals surface area contributed by atoms with Crippen molar-refractivity contribution in [2.45, 2.75) is 52.8 Å². The van der Waals surface area contributed by atoms with Crippen molar-refractivity contribution in [1.82, 2.24) is 5.01 Å². The topological polar surface area (TPSA) is 29.3 Å². The number of hydrazine groups is 1. The number of hydrogen-bond acceptors (Lipinski definition) is 2. The maximum Gasteiger partial charge on any atom is 0.409 e. The quantitative estimate of drug-likeness (QED) is 0.587. The molecule has 16 heavy (non-hydrogen) atoms. The van der Waals surface area contributed by atoms with Gasteiger partial charge in [0.25, 0.3) is 0 Å². The van der Waals surface area contributed by atoms with Crippen LogP contribution in [0.4, 0.5) is 13.2 Å². The molecule has 0 radical (unpaired) electrons. The van der Waals surface area contributed by atoms with Crippen LogP contribution in [0, 0.1) is 5.92 Å². The number of halogens is 3. The maximum atomic E-state index is 12.5. The minimum absolute atomic E-state index is 0.0126. The van der Waals surface area contributed by atoms with Crippen molar-refractivity contribution >= 4 is 0 Å². The van der Waals surface area contributed by atoms with Gasteiger partial charge in [0.05, 0.1) is 0 Å². The highest BCUT2D eigenvalue weighted by Crippen LogP contribution is 2.27. The van der Waals surface area contributed by atoms with Crippen molar-refractivity contribution in [1.29, 1.82) is 0 Å². The second kappa shape index (κ2) is 6.13. The van der Waals surface area contributed by atoms with Gasteiger partial charge in [0, 0.05) is 5.70 Å². The van der Waals surface area contributed by atoms with E-state index in [1.54, 1.807) is 6.08 Å². The predicted molar refractivity (Wildman–Crippen MR) is 59.4 cm³/mol. The second-order valence-electron chi connectivity index (χ2n) is 4.20. The van der Waals surface area contributed by atoms with E-state index in [9.17, 15) is 13.2 Å². The minimum atomic E-state index is -4.30. The van der Waals surface area contributed by atoms with Gasteiger partial charge in [-0.25, -0.2) is 5.84 Å². The Hall–Kier alpha value is -0.710. The van der Waals surface area contributed by atoms with Crippen LogP contribution < -0.4 is 5.84 Å². The highest BCUT2D eigenvalue weighted by Gasteiger charge is 2.40. The molecule has 0 aliphatic heterocycles. The van der Waals surface area contributed by atoms with Crippen LogP contribution in [0.5, 0.6) is 0 Å². The summed E-state index contributed by atoms with van der Waals surface area (Å²) >= 11 is 0. The zero-order chi connectivity index (χ0) is 12.9. The Morgan fingerprint density at radius 2 is 1.81 bits per heavy atom. The molecule has 5 heteroatoms. The Kier molecular flexibility index (Phi) is 5.86. The van der Waals surface area contributed by atoms with Crippen molar-refractivity contribution in [2.24, 2.45) is 11.8 Å². The molecule has 0 saturated carbocycles. The molecule has 0 amide bonds. The lowest BCUT2D eigenvalue weighted by Gasteiger charge is -2.32. The van der Waals surface area contributed by atoms with Crippen LogP contribution in [0.25, 0.3) is 0 Å². The second-order valence-corrected chi connectivity index (χ2v) is 4.20. The fourth-order valence-corrected chi connectivity index (χ4v) is 1.31. The number of alkyl halides is 3. The Morgan fingerprint density at radius 3 is 2.12 bits per heavy atom. The first-order valence-corrected chi connectivity index (χ1v) is 5.52. The van der Waals surface area contributed by atoms with Gasteiger partial charge in [-0.1, -0.05) is 33.3 Å². The van der Waals surface area contributed by atoms with Crippen molar-refractivity contribution in [3.8, 4) is 0 Å². The SMILES string of the molecule is CCC/C=C(/C(C)C)N(N)[C@H](C)C(F)(F)F. The summed E-state index contributed by atoms with van der Waals surface area (Å²) in [5, 5.41) is 0.834. The third kappa shape index (κ3) is 4.43. The lowest BCUT2D eigenvalue weighted by Crippen LogP contribution is -2.48. The average molecular weight is 238 g/mol. The van der Waals surface area contributed by atoms with Gasteiger partial charge in [0.2, 0.25) is 0 Å². The van der Waals surface area contributed by atoms with E-state index in [-0.39, 0.29) is 5.92 Å². The summed E-state index contributed by atoms with van der Waals surface area (Å²) in [6.07, 6.45) is -0.877. The van der Waals surface area contributed by atoms with Gasteiger partial charge < -0.3 is 5.01 Å². The van der Waals surface area contributed by atoms with E-state index in [0.717, 1.165) is 24.8 Å². The number of allylic oxidation sites excluding steroid dienone is 2. The van der Waals surface area contributed by atoms with Gasteiger partial charge in [-0.2, -0.15) is 13.2 Å². The molecule has 0 fully saturated rings. The van der Waals surface area contributed by atoms with Crippen LogP contribution >= 0.6 is 0 Å². The van der Waals surface area contributed by atoms with Crippen molar-refractivity contribution in [3.63, 3.8) is 0 Å². The van der Waals surface area contributed by atoms with Crippen LogP contribution in [0.3, 0.4) is 0 Å². The summed E-state index contributed by atoms with van der Waals surface area (Å²) in [5.74, 6) is 5.52. The molecule has 0 aromatic carbocycles. The van der Waals surface area contributed by atoms with Gasteiger partial charge in [-0.15, -0.1) is 0 Å². The predicted octanol–water partition coefficient (Wildman–Crippen LogP) is 3.45. The lowest BCUT2D eigenvalue weighted by atomic mass is 10.1. The van der Waals surface area contributed by atoms with E-state index in [1.165, 1.54) is 0 Å². The van der Waals surface area contributed by atoms with E-state index in [1.807, 2.05) is 20.8 Å². The third-order valence-corrected chi connectivity index (χ3v) is 2.42. The summed E-state index contributed by atoms with van der Waals surface area (Å²) in [5.41, 5.74) is 0.548. The molecule has 2 nitrogen and oxygen atoms in total. The van der Waals surface area contributed by atoms with Crippen molar-refractivity contribution in [2.75, 3.05) is 0 Å². The molecule has 0 aliphatic carbocycles. The number of nitrogens with two attached hydrogens (primary N) is 1. The molecule has 0 saturated heterocycles. The molecule has 0 aromatic heterocycles. The van der Waals surface area contributed by atoms with E-state index < -0.39 is 12.2 Å². The van der Waals surface area contributed by atoms with Crippen LogP contribution in [-0.4, -0.2) is 17.2 Å². The van der Waals surface area contributed by atoms with Crippen LogP contribution in [0.1, 0.15) is 40.5 Å². The van der Waals surface area contributed by atoms with E-state index in [4.69, 9.17) is 5.84 Å². The van der Waals surface area contributed by atoms with Crippen molar-refractivity contribution < 1.29 is 13.2 Å². The summed E-state index contributed by atoms with van der Waals surface area (Å²) in [6, 6.07) is -1.65. The Balaban J connectivity index is 4.81. The van der Waals surface area contributed by atoms with E-state index in [2.05, 4.69) is 0 Å². The maximum absolute atomic E-state index is 12.5. The molecule has 2 N–H and O–H groups in total. The Morgan fingerprint density at radius 1 is 1.31 bits per heavy atom. The van der Waals surface area contributed by atoms with Gasteiger partial charge >= 0.3 is 6.18 Å². The van der Waals surface area contributed by atoms with E-state index in [0.29, 0.717) is 5.70 Å². The fourth-order valence-electron chi connectivity index (χ4n) is 1.31. The lowest BCUT2D eigenvalue weighted by molar-refractivity contribution is -0.175. The smallest absolute Gasteiger partial charge is 0.303 e. The van der Waals surface area contributed by atoms with Gasteiger partial charge in [-0.3, -0.25) is 0 Å². The standard InChI is InChI=1S/C11H21F3N2/c1-5-6-7-10(8(2)3)16(15)9(4)11(12,13)14/h7-9H,5-6,15H2,1-4H3/b10-7-/t9-/m1/s1. The molecular formula is C11H21F3N2. The summed E-state index contributed by atoms with van der Waals surface area (Å²) in [7, 11) is 0. The summed E-state index contributed by atoms with van der Waals surface area (Å²) < 4.78 is 37.5. The molecular weight excluding hydrogens is 217 g/mol. The number of nitrogens with zero attached hydrogens (tertiary/aromatic N) is 1. The van der Waals surface area contributed by atoms with Crippen LogP contribution in [0.15, 0.2) is 11.8 Å². The van der Waals surface area contributed by atoms with Gasteiger partial charge in [-0.05, 0) is 19.3 Å². The van der Waals surface area contributed by atoms with Crippen LogP contribution in [0.2, 0.25) is 0 Å². The zero-order valence-corrected chi connectivity index (χ0v) is 10.3. The van der Waals surface area contributed by atoms with Crippen molar-refractivity contribution in [3.05, 3.63) is 11.8 Å². The Labute approximate surface area is 95.3 Å². The summed E-state index contributed by atoms with van der Waals surface area (Å²) in [6.45, 7) is 6.72. The Bertz CT molecular complexity index is 234. The number of rotatable bonds is 5. The van der Waals surface area contributed by atoms with Gasteiger partial charge in [0.15, 0.2) is 0 Å². The molecule has 1 atom stereocenters. The molecule has 0 rings (SSSR count). The minimum Gasteiger partial charge on any atom is -0.303 e. The zero-order valence-electron chi connectivity index (χ0n) is 10.3. The molecule has 0 unspecified atom stereocenters. The highest BCUT2D eigenvalue weighted by molar-refractivity contribution is 5.04. The molecule has 0 aromatic rings. The molecule has 0 heterocycles. The number of unbranched alkanes of at least 4 members (excludes halogenated alkanes) is 1.